The number of para-hydroxylation sites is 1. The zero-order chi connectivity index (χ0) is 23.8. The molecule has 34 heavy (non-hydrogen) atoms. The fourth-order valence-electron chi connectivity index (χ4n) is 5.60. The van der Waals surface area contributed by atoms with Gasteiger partial charge in [-0.1, -0.05) is 56.3 Å². The number of benzene rings is 4. The predicted molar refractivity (Wildman–Crippen MR) is 132 cm³/mol. The van der Waals surface area contributed by atoms with Crippen LogP contribution >= 0.6 is 0 Å². The highest BCUT2D eigenvalue weighted by atomic mass is 19.1. The molecule has 3 nitrogen and oxygen atoms in total. The first-order valence-electron chi connectivity index (χ1n) is 11.2. The molecule has 4 heteroatoms. The molecule has 4 aromatic carbocycles. The second-order valence-electron chi connectivity index (χ2n) is 9.42. The van der Waals surface area contributed by atoms with Crippen molar-refractivity contribution in [1.82, 2.24) is 4.57 Å². The summed E-state index contributed by atoms with van der Waals surface area (Å²) in [6.07, 6.45) is 0. The van der Waals surface area contributed by atoms with E-state index >= 15 is 0 Å². The average Bonchev–Trinajstić information content (AvgIpc) is 3.28. The smallest absolute Gasteiger partial charge is 0.159 e. The highest BCUT2D eigenvalue weighted by Crippen LogP contribution is 2.51. The fraction of sp³-hybridized carbons (Fsp3) is 0.133. The van der Waals surface area contributed by atoms with Crippen molar-refractivity contribution in [3.05, 3.63) is 100 Å². The third-order valence-electron chi connectivity index (χ3n) is 7.35. The van der Waals surface area contributed by atoms with E-state index in [0.29, 0.717) is 11.3 Å². The number of nitrogens with zero attached hydrogens (tertiary/aromatic N) is 3. The molecule has 0 amide bonds. The first-order chi connectivity index (χ1) is 16.4. The van der Waals surface area contributed by atoms with Gasteiger partial charge in [-0.3, -0.25) is 0 Å². The van der Waals surface area contributed by atoms with E-state index in [1.165, 1.54) is 22.3 Å². The Balaban J connectivity index is 1.79. The van der Waals surface area contributed by atoms with Gasteiger partial charge in [-0.2, -0.15) is 10.5 Å². The molecule has 5 aromatic rings. The Labute approximate surface area is 196 Å². The maximum Gasteiger partial charge on any atom is 0.159 e. The number of rotatable bonds is 1. The molecular formula is C30H20FN3. The van der Waals surface area contributed by atoms with Gasteiger partial charge in [0.1, 0.15) is 12.1 Å². The maximum atomic E-state index is 14.8. The quantitative estimate of drug-likeness (QED) is 0.274. The topological polar surface area (TPSA) is 52.5 Å². The summed E-state index contributed by atoms with van der Waals surface area (Å²) < 4.78 is 16.8. The second kappa shape index (κ2) is 6.80. The van der Waals surface area contributed by atoms with E-state index < -0.39 is 5.82 Å². The summed E-state index contributed by atoms with van der Waals surface area (Å²) in [6, 6.07) is 26.5. The number of fused-ring (bicyclic) bond motifs is 6. The normalized spacial score (nSPS) is 13.5. The first-order valence-corrected chi connectivity index (χ1v) is 11.2. The average molecular weight is 442 g/mol. The van der Waals surface area contributed by atoms with Crippen molar-refractivity contribution >= 4 is 21.8 Å². The Morgan fingerprint density at radius 2 is 1.53 bits per heavy atom. The zero-order valence-electron chi connectivity index (χ0n) is 19.1. The Bertz CT molecular complexity index is 1770. The molecule has 1 aliphatic carbocycles. The third kappa shape index (κ3) is 2.43. The number of nitriles is 2. The van der Waals surface area contributed by atoms with Gasteiger partial charge in [0.05, 0.1) is 27.8 Å². The van der Waals surface area contributed by atoms with Gasteiger partial charge >= 0.3 is 0 Å². The Morgan fingerprint density at radius 3 is 2.29 bits per heavy atom. The van der Waals surface area contributed by atoms with E-state index in [2.05, 4.69) is 60.9 Å². The van der Waals surface area contributed by atoms with E-state index in [0.717, 1.165) is 21.8 Å². The van der Waals surface area contributed by atoms with Crippen LogP contribution in [0.15, 0.2) is 66.7 Å². The van der Waals surface area contributed by atoms with Gasteiger partial charge < -0.3 is 4.57 Å². The fourth-order valence-corrected chi connectivity index (χ4v) is 5.60. The molecule has 6 rings (SSSR count). The van der Waals surface area contributed by atoms with Gasteiger partial charge in [-0.25, -0.2) is 4.39 Å². The van der Waals surface area contributed by atoms with Crippen molar-refractivity contribution in [2.75, 3.05) is 0 Å². The van der Waals surface area contributed by atoms with Crippen LogP contribution in [-0.4, -0.2) is 4.57 Å². The second-order valence-corrected chi connectivity index (χ2v) is 9.42. The van der Waals surface area contributed by atoms with Crippen molar-refractivity contribution in [2.24, 2.45) is 0 Å². The van der Waals surface area contributed by atoms with Crippen LogP contribution < -0.4 is 0 Å². The molecule has 1 heterocycles. The van der Waals surface area contributed by atoms with E-state index in [1.807, 2.05) is 30.3 Å². The molecule has 1 aliphatic rings. The SMILES string of the molecule is Cc1c(-n2c3ccccc3c3cc4c(cc32)C(C)(C)c2ccccc2-4)cc(C#N)c(F)c1C#N. The molecule has 0 saturated heterocycles. The number of aromatic nitrogens is 1. The minimum Gasteiger partial charge on any atom is -0.309 e. The van der Waals surface area contributed by atoms with Crippen LogP contribution in [-0.2, 0) is 5.41 Å². The molecule has 1 aromatic heterocycles. The van der Waals surface area contributed by atoms with Crippen molar-refractivity contribution in [1.29, 1.82) is 10.5 Å². The molecule has 0 spiro atoms. The summed E-state index contributed by atoms with van der Waals surface area (Å²) in [4.78, 5) is 0. The zero-order valence-corrected chi connectivity index (χ0v) is 19.1. The predicted octanol–water partition coefficient (Wildman–Crippen LogP) is 7.28. The summed E-state index contributed by atoms with van der Waals surface area (Å²) in [5.74, 6) is -0.760. The monoisotopic (exact) mass is 441 g/mol. The van der Waals surface area contributed by atoms with Gasteiger partial charge in [-0.15, -0.1) is 0 Å². The molecular weight excluding hydrogens is 421 g/mol. The van der Waals surface area contributed by atoms with Crippen LogP contribution in [0.4, 0.5) is 4.39 Å². The summed E-state index contributed by atoms with van der Waals surface area (Å²) in [5.41, 5.74) is 7.70. The molecule has 0 unspecified atom stereocenters. The summed E-state index contributed by atoms with van der Waals surface area (Å²) in [7, 11) is 0. The summed E-state index contributed by atoms with van der Waals surface area (Å²) >= 11 is 0. The summed E-state index contributed by atoms with van der Waals surface area (Å²) in [5, 5.41) is 21.4. The lowest BCUT2D eigenvalue weighted by Gasteiger charge is -2.22. The minimum atomic E-state index is -0.760. The first kappa shape index (κ1) is 20.2. The molecule has 0 aliphatic heterocycles. The van der Waals surface area contributed by atoms with Gasteiger partial charge in [0.25, 0.3) is 0 Å². The van der Waals surface area contributed by atoms with Gasteiger partial charge in [-0.05, 0) is 59.0 Å². The van der Waals surface area contributed by atoms with E-state index in [1.54, 1.807) is 13.0 Å². The maximum absolute atomic E-state index is 14.8. The largest absolute Gasteiger partial charge is 0.309 e. The Hall–Kier alpha value is -4.41. The number of hydrogen-bond donors (Lipinski definition) is 0. The molecule has 0 radical (unpaired) electrons. The third-order valence-corrected chi connectivity index (χ3v) is 7.35. The molecule has 0 bridgehead atoms. The highest BCUT2D eigenvalue weighted by Gasteiger charge is 2.36. The van der Waals surface area contributed by atoms with Crippen molar-refractivity contribution in [3.8, 4) is 29.0 Å². The van der Waals surface area contributed by atoms with Crippen LogP contribution in [0.3, 0.4) is 0 Å². The lowest BCUT2D eigenvalue weighted by Crippen LogP contribution is -2.15. The van der Waals surface area contributed by atoms with Crippen LogP contribution in [0.2, 0.25) is 0 Å². The molecule has 162 valence electrons. The van der Waals surface area contributed by atoms with Crippen LogP contribution in [0.1, 0.15) is 41.7 Å². The highest BCUT2D eigenvalue weighted by molar-refractivity contribution is 6.11. The van der Waals surface area contributed by atoms with Gasteiger partial charge in [0.2, 0.25) is 0 Å². The summed E-state index contributed by atoms with van der Waals surface area (Å²) in [6.45, 7) is 6.22. The molecule has 0 N–H and O–H groups in total. The van der Waals surface area contributed by atoms with Gasteiger partial charge in [0, 0.05) is 16.2 Å². The van der Waals surface area contributed by atoms with Crippen LogP contribution in [0.5, 0.6) is 0 Å². The van der Waals surface area contributed by atoms with E-state index in [4.69, 9.17) is 0 Å². The van der Waals surface area contributed by atoms with Crippen molar-refractivity contribution in [3.63, 3.8) is 0 Å². The Morgan fingerprint density at radius 1 is 0.794 bits per heavy atom. The lowest BCUT2D eigenvalue weighted by molar-refractivity contribution is 0.618. The van der Waals surface area contributed by atoms with Crippen molar-refractivity contribution < 1.29 is 4.39 Å². The van der Waals surface area contributed by atoms with Crippen LogP contribution in [0.25, 0.3) is 38.6 Å². The van der Waals surface area contributed by atoms with E-state index in [-0.39, 0.29) is 16.5 Å². The molecule has 0 saturated carbocycles. The molecule has 0 fully saturated rings. The minimum absolute atomic E-state index is 0.0890. The van der Waals surface area contributed by atoms with Crippen LogP contribution in [0, 0.1) is 35.4 Å². The lowest BCUT2D eigenvalue weighted by atomic mass is 9.82. The number of halogens is 1. The van der Waals surface area contributed by atoms with Crippen molar-refractivity contribution in [2.45, 2.75) is 26.2 Å². The van der Waals surface area contributed by atoms with Gasteiger partial charge in [0.15, 0.2) is 5.82 Å². The Kier molecular flexibility index (Phi) is 4.04. The standard InChI is InChI=1S/C30H20FN3/c1-17-23(16-33)29(31)18(15-32)12-27(17)34-26-11-7-5-9-20(26)22-13-21-19-8-4-6-10-24(19)30(2,3)25(21)14-28(22)34/h4-14H,1-3H3. The number of hydrogen-bond acceptors (Lipinski definition) is 2. The molecule has 0 atom stereocenters. The van der Waals surface area contributed by atoms with E-state index in [9.17, 15) is 14.9 Å².